The van der Waals surface area contributed by atoms with Gasteiger partial charge in [0, 0.05) is 6.20 Å². The first kappa shape index (κ1) is 11.3. The predicted octanol–water partition coefficient (Wildman–Crippen LogP) is 3.71. The van der Waals surface area contributed by atoms with Crippen LogP contribution in [-0.4, -0.2) is 4.98 Å². The number of aryl methyl sites for hydroxylation is 1. The van der Waals surface area contributed by atoms with Crippen LogP contribution in [0.3, 0.4) is 0 Å². The summed E-state index contributed by atoms with van der Waals surface area (Å²) in [6.07, 6.45) is -2.16. The van der Waals surface area contributed by atoms with E-state index in [0.717, 1.165) is 18.7 Å². The van der Waals surface area contributed by atoms with Crippen LogP contribution in [0.1, 0.15) is 24.6 Å². The minimum Gasteiger partial charge on any atom is -0.259 e. The van der Waals surface area contributed by atoms with Crippen molar-refractivity contribution in [3.8, 4) is 0 Å². The second-order valence-electron chi connectivity index (χ2n) is 2.90. The maximum Gasteiger partial charge on any atom is 0.417 e. The molecule has 0 aliphatic rings. The first-order valence-electron chi connectivity index (χ1n) is 4.16. The smallest absolute Gasteiger partial charge is 0.259 e. The minimum atomic E-state index is -4.37. The predicted molar refractivity (Wildman–Crippen MR) is 48.2 cm³/mol. The number of nitrogens with zero attached hydrogens (tertiary/aromatic N) is 1. The van der Waals surface area contributed by atoms with E-state index in [1.54, 1.807) is 0 Å². The number of pyridine rings is 1. The lowest BCUT2D eigenvalue weighted by Gasteiger charge is -2.08. The second-order valence-corrected chi connectivity index (χ2v) is 3.31. The van der Waals surface area contributed by atoms with Gasteiger partial charge in [-0.15, -0.1) is 0 Å². The van der Waals surface area contributed by atoms with E-state index in [1.165, 1.54) is 0 Å². The van der Waals surface area contributed by atoms with Crippen LogP contribution in [0.25, 0.3) is 0 Å². The van der Waals surface area contributed by atoms with E-state index >= 15 is 0 Å². The molecule has 0 amide bonds. The highest BCUT2D eigenvalue weighted by atomic mass is 35.5. The van der Waals surface area contributed by atoms with Crippen molar-refractivity contribution in [1.29, 1.82) is 0 Å². The standard InChI is InChI=1S/C9H9ClF3N/c1-2-3-8-7(10)4-6(5-14-8)9(11,12)13/h4-5H,2-3H2,1H3. The van der Waals surface area contributed by atoms with E-state index in [9.17, 15) is 13.2 Å². The molecule has 1 heterocycles. The van der Waals surface area contributed by atoms with E-state index in [2.05, 4.69) is 4.98 Å². The highest BCUT2D eigenvalue weighted by molar-refractivity contribution is 6.31. The molecule has 0 fully saturated rings. The van der Waals surface area contributed by atoms with Crippen molar-refractivity contribution in [3.05, 3.63) is 28.5 Å². The molecule has 78 valence electrons. The van der Waals surface area contributed by atoms with Crippen molar-refractivity contribution in [2.45, 2.75) is 25.9 Å². The zero-order chi connectivity index (χ0) is 10.8. The number of alkyl halides is 3. The lowest BCUT2D eigenvalue weighted by molar-refractivity contribution is -0.137. The Bertz CT molecular complexity index is 322. The largest absolute Gasteiger partial charge is 0.417 e. The Morgan fingerprint density at radius 3 is 2.50 bits per heavy atom. The Labute approximate surface area is 84.9 Å². The second kappa shape index (κ2) is 4.17. The number of rotatable bonds is 2. The van der Waals surface area contributed by atoms with Crippen LogP contribution >= 0.6 is 11.6 Å². The molecule has 0 saturated carbocycles. The Kier molecular flexibility index (Phi) is 3.37. The SMILES string of the molecule is CCCc1ncc(C(F)(F)F)cc1Cl. The number of halogens is 4. The molecule has 0 unspecified atom stereocenters. The highest BCUT2D eigenvalue weighted by Crippen LogP contribution is 2.31. The molecule has 1 nitrogen and oxygen atoms in total. The Hall–Kier alpha value is -0.770. The summed E-state index contributed by atoms with van der Waals surface area (Å²) >= 11 is 5.65. The van der Waals surface area contributed by atoms with Crippen molar-refractivity contribution >= 4 is 11.6 Å². The van der Waals surface area contributed by atoms with Crippen LogP contribution in [0.15, 0.2) is 12.3 Å². The van der Waals surface area contributed by atoms with Gasteiger partial charge in [0.05, 0.1) is 16.3 Å². The lowest BCUT2D eigenvalue weighted by Crippen LogP contribution is -2.06. The van der Waals surface area contributed by atoms with E-state index in [4.69, 9.17) is 11.6 Å². The quantitative estimate of drug-likeness (QED) is 0.745. The van der Waals surface area contributed by atoms with Gasteiger partial charge in [0.2, 0.25) is 0 Å². The van der Waals surface area contributed by atoms with E-state index < -0.39 is 11.7 Å². The molecule has 0 aliphatic heterocycles. The van der Waals surface area contributed by atoms with Gasteiger partial charge in [-0.05, 0) is 12.5 Å². The molecule has 0 aliphatic carbocycles. The van der Waals surface area contributed by atoms with Gasteiger partial charge in [-0.25, -0.2) is 0 Å². The van der Waals surface area contributed by atoms with Crippen LogP contribution in [0.5, 0.6) is 0 Å². The highest BCUT2D eigenvalue weighted by Gasteiger charge is 2.31. The third-order valence-electron chi connectivity index (χ3n) is 1.73. The van der Waals surface area contributed by atoms with Crippen molar-refractivity contribution in [2.75, 3.05) is 0 Å². The fourth-order valence-electron chi connectivity index (χ4n) is 1.04. The van der Waals surface area contributed by atoms with E-state index in [-0.39, 0.29) is 5.02 Å². The van der Waals surface area contributed by atoms with Crippen LogP contribution in [0, 0.1) is 0 Å². The molecule has 14 heavy (non-hydrogen) atoms. The third-order valence-corrected chi connectivity index (χ3v) is 2.06. The van der Waals surface area contributed by atoms with E-state index in [1.807, 2.05) is 6.92 Å². The minimum absolute atomic E-state index is 0.0849. The monoisotopic (exact) mass is 223 g/mol. The zero-order valence-electron chi connectivity index (χ0n) is 7.53. The summed E-state index contributed by atoms with van der Waals surface area (Å²) in [4.78, 5) is 3.68. The summed E-state index contributed by atoms with van der Waals surface area (Å²) in [6.45, 7) is 1.91. The molecule has 0 aromatic carbocycles. The van der Waals surface area contributed by atoms with Crippen molar-refractivity contribution in [1.82, 2.24) is 4.98 Å². The molecule has 1 rings (SSSR count). The molecule has 0 spiro atoms. The number of hydrogen-bond donors (Lipinski definition) is 0. The fourth-order valence-corrected chi connectivity index (χ4v) is 1.30. The number of hydrogen-bond acceptors (Lipinski definition) is 1. The van der Waals surface area contributed by atoms with Crippen LogP contribution in [-0.2, 0) is 12.6 Å². The molecule has 1 aromatic heterocycles. The molecule has 0 bridgehead atoms. The Morgan fingerprint density at radius 2 is 2.07 bits per heavy atom. The Morgan fingerprint density at radius 1 is 1.43 bits per heavy atom. The molecule has 1 aromatic rings. The zero-order valence-corrected chi connectivity index (χ0v) is 8.28. The average molecular weight is 224 g/mol. The van der Waals surface area contributed by atoms with Gasteiger partial charge in [0.15, 0.2) is 0 Å². The first-order valence-corrected chi connectivity index (χ1v) is 4.54. The van der Waals surface area contributed by atoms with Gasteiger partial charge < -0.3 is 0 Å². The average Bonchev–Trinajstić information content (AvgIpc) is 2.07. The summed E-state index contributed by atoms with van der Waals surface area (Å²) in [5, 5.41) is 0.0849. The molecule has 0 atom stereocenters. The van der Waals surface area contributed by atoms with Crippen LogP contribution in [0.4, 0.5) is 13.2 Å². The van der Waals surface area contributed by atoms with Crippen molar-refractivity contribution in [3.63, 3.8) is 0 Å². The summed E-state index contributed by atoms with van der Waals surface area (Å²) in [5.74, 6) is 0. The van der Waals surface area contributed by atoms with Gasteiger partial charge in [-0.3, -0.25) is 4.98 Å². The summed E-state index contributed by atoms with van der Waals surface area (Å²) in [5.41, 5.74) is -0.287. The van der Waals surface area contributed by atoms with Gasteiger partial charge in [0.25, 0.3) is 0 Å². The summed E-state index contributed by atoms with van der Waals surface area (Å²) in [7, 11) is 0. The normalized spacial score (nSPS) is 11.8. The first-order chi connectivity index (χ1) is 6.45. The maximum atomic E-state index is 12.2. The fraction of sp³-hybridized carbons (Fsp3) is 0.444. The summed E-state index contributed by atoms with van der Waals surface area (Å²) < 4.78 is 36.6. The third kappa shape index (κ3) is 2.61. The molecule has 0 radical (unpaired) electrons. The topological polar surface area (TPSA) is 12.9 Å². The lowest BCUT2D eigenvalue weighted by atomic mass is 10.2. The molecule has 5 heteroatoms. The van der Waals surface area contributed by atoms with Crippen LogP contribution in [0.2, 0.25) is 5.02 Å². The summed E-state index contributed by atoms with van der Waals surface area (Å²) in [6, 6.07) is 0.916. The van der Waals surface area contributed by atoms with Gasteiger partial charge >= 0.3 is 6.18 Å². The maximum absolute atomic E-state index is 12.2. The molecule has 0 N–H and O–H groups in total. The van der Waals surface area contributed by atoms with E-state index in [0.29, 0.717) is 12.1 Å². The van der Waals surface area contributed by atoms with Gasteiger partial charge in [-0.1, -0.05) is 24.9 Å². The van der Waals surface area contributed by atoms with Gasteiger partial charge in [0.1, 0.15) is 0 Å². The van der Waals surface area contributed by atoms with Crippen molar-refractivity contribution < 1.29 is 13.2 Å². The van der Waals surface area contributed by atoms with Crippen LogP contribution < -0.4 is 0 Å². The van der Waals surface area contributed by atoms with Gasteiger partial charge in [-0.2, -0.15) is 13.2 Å². The molecule has 0 saturated heterocycles. The molecular weight excluding hydrogens is 215 g/mol. The molecular formula is C9H9ClF3N. The number of aromatic nitrogens is 1. The van der Waals surface area contributed by atoms with Crippen molar-refractivity contribution in [2.24, 2.45) is 0 Å². The Balaban J connectivity index is 3.01.